The number of anilines is 1. The Balaban J connectivity index is 1.95. The van der Waals surface area contributed by atoms with Crippen LogP contribution in [0.4, 0.5) is 5.69 Å². The molecule has 0 radical (unpaired) electrons. The van der Waals surface area contributed by atoms with Gasteiger partial charge in [-0.3, -0.25) is 4.79 Å². The van der Waals surface area contributed by atoms with E-state index in [4.69, 9.17) is 21.5 Å². The Kier molecular flexibility index (Phi) is 5.70. The minimum atomic E-state index is -4.01. The predicted octanol–water partition coefficient (Wildman–Crippen LogP) is 3.66. The molecule has 0 fully saturated rings. The van der Waals surface area contributed by atoms with Crippen LogP contribution in [0, 0.1) is 13.8 Å². The molecule has 0 aliphatic rings. The number of primary sulfonamides is 1. The number of nitrogens with zero attached hydrogens (tertiary/aromatic N) is 1. The van der Waals surface area contributed by atoms with Crippen molar-refractivity contribution in [2.24, 2.45) is 5.14 Å². The van der Waals surface area contributed by atoms with Gasteiger partial charge in [-0.05, 0) is 62.4 Å². The lowest BCUT2D eigenvalue weighted by Gasteiger charge is -2.11. The van der Waals surface area contributed by atoms with Gasteiger partial charge in [0.2, 0.25) is 10.0 Å². The van der Waals surface area contributed by atoms with Crippen molar-refractivity contribution < 1.29 is 17.9 Å². The van der Waals surface area contributed by atoms with Gasteiger partial charge in [-0.15, -0.1) is 0 Å². The van der Waals surface area contributed by atoms with Crippen molar-refractivity contribution in [3.05, 3.63) is 70.5 Å². The molecule has 3 aromatic rings. The zero-order chi connectivity index (χ0) is 21.3. The number of nitrogens with two attached hydrogens (primary N) is 1. The number of sulfonamides is 1. The Labute approximate surface area is 174 Å². The summed E-state index contributed by atoms with van der Waals surface area (Å²) in [5.74, 6) is -0.268. The zero-order valence-electron chi connectivity index (χ0n) is 16.1. The summed E-state index contributed by atoms with van der Waals surface area (Å²) in [7, 11) is -2.67. The lowest BCUT2D eigenvalue weighted by molar-refractivity contribution is 0.102. The van der Waals surface area contributed by atoms with E-state index in [1.54, 1.807) is 24.3 Å². The second kappa shape index (κ2) is 7.90. The average molecular weight is 434 g/mol. The minimum Gasteiger partial charge on any atom is -0.495 e. The molecule has 2 aromatic carbocycles. The third-order valence-corrected chi connectivity index (χ3v) is 5.67. The Bertz CT molecular complexity index is 1190. The summed E-state index contributed by atoms with van der Waals surface area (Å²) in [6, 6.07) is 13.3. The van der Waals surface area contributed by atoms with E-state index in [1.807, 2.05) is 30.5 Å². The van der Waals surface area contributed by atoms with Gasteiger partial charge in [-0.2, -0.15) is 0 Å². The highest BCUT2D eigenvalue weighted by atomic mass is 35.5. The van der Waals surface area contributed by atoms with Crippen LogP contribution in [0.25, 0.3) is 5.69 Å². The van der Waals surface area contributed by atoms with E-state index in [0.29, 0.717) is 10.6 Å². The number of benzene rings is 2. The van der Waals surface area contributed by atoms with Gasteiger partial charge in [0, 0.05) is 27.8 Å². The van der Waals surface area contributed by atoms with Crippen LogP contribution in [0.3, 0.4) is 0 Å². The molecule has 0 spiro atoms. The molecular formula is C20H20ClN3O4S. The third kappa shape index (κ3) is 4.29. The van der Waals surface area contributed by atoms with Crippen LogP contribution < -0.4 is 15.2 Å². The van der Waals surface area contributed by atoms with Crippen molar-refractivity contribution in [2.45, 2.75) is 18.7 Å². The van der Waals surface area contributed by atoms with Crippen molar-refractivity contribution in [1.29, 1.82) is 0 Å². The first-order valence-corrected chi connectivity index (χ1v) is 10.5. The van der Waals surface area contributed by atoms with Gasteiger partial charge in [0.05, 0.1) is 12.7 Å². The highest BCUT2D eigenvalue weighted by Crippen LogP contribution is 2.27. The number of hydrogen-bond acceptors (Lipinski definition) is 4. The summed E-state index contributed by atoms with van der Waals surface area (Å²) < 4.78 is 30.5. The maximum absolute atomic E-state index is 12.8. The topological polar surface area (TPSA) is 103 Å². The van der Waals surface area contributed by atoms with E-state index < -0.39 is 10.0 Å². The summed E-state index contributed by atoms with van der Waals surface area (Å²) >= 11 is 5.96. The van der Waals surface area contributed by atoms with Crippen molar-refractivity contribution in [3.8, 4) is 11.4 Å². The number of carbonyl (C=O) groups is 1. The molecule has 0 atom stereocenters. The highest BCUT2D eigenvalue weighted by Gasteiger charge is 2.19. The molecule has 0 unspecified atom stereocenters. The predicted molar refractivity (Wildman–Crippen MR) is 113 cm³/mol. The van der Waals surface area contributed by atoms with Crippen LogP contribution in [0.2, 0.25) is 5.02 Å². The van der Waals surface area contributed by atoms with E-state index in [0.717, 1.165) is 17.1 Å². The molecule has 9 heteroatoms. The fourth-order valence-electron chi connectivity index (χ4n) is 3.16. The normalized spacial score (nSPS) is 11.3. The fraction of sp³-hybridized carbons (Fsp3) is 0.150. The van der Waals surface area contributed by atoms with Crippen LogP contribution in [-0.4, -0.2) is 26.0 Å². The van der Waals surface area contributed by atoms with Crippen LogP contribution >= 0.6 is 11.6 Å². The van der Waals surface area contributed by atoms with E-state index >= 15 is 0 Å². The molecule has 1 aromatic heterocycles. The summed E-state index contributed by atoms with van der Waals surface area (Å²) in [5, 5.41) is 8.57. The van der Waals surface area contributed by atoms with Crippen molar-refractivity contribution >= 4 is 33.2 Å². The van der Waals surface area contributed by atoms with Crippen molar-refractivity contribution in [1.82, 2.24) is 4.57 Å². The molecular weight excluding hydrogens is 414 g/mol. The number of hydrogen-bond donors (Lipinski definition) is 2. The number of aromatic nitrogens is 1. The second-order valence-electron chi connectivity index (χ2n) is 6.46. The first kappa shape index (κ1) is 20.9. The summed E-state index contributed by atoms with van der Waals surface area (Å²) in [4.78, 5) is 12.6. The van der Waals surface area contributed by atoms with Crippen molar-refractivity contribution in [3.63, 3.8) is 0 Å². The molecule has 1 amide bonds. The van der Waals surface area contributed by atoms with E-state index in [-0.39, 0.29) is 22.2 Å². The van der Waals surface area contributed by atoms with Crippen LogP contribution in [0.15, 0.2) is 53.4 Å². The third-order valence-electron chi connectivity index (χ3n) is 4.49. The molecule has 7 nitrogen and oxygen atoms in total. The smallest absolute Gasteiger partial charge is 0.257 e. The molecule has 0 aliphatic heterocycles. The van der Waals surface area contributed by atoms with E-state index in [2.05, 4.69) is 5.32 Å². The molecule has 3 rings (SSSR count). The van der Waals surface area contributed by atoms with E-state index in [1.165, 1.54) is 19.2 Å². The first-order valence-electron chi connectivity index (χ1n) is 8.59. The molecule has 0 aliphatic carbocycles. The summed E-state index contributed by atoms with van der Waals surface area (Å²) in [6.45, 7) is 3.73. The van der Waals surface area contributed by atoms with Crippen LogP contribution in [-0.2, 0) is 10.0 Å². The molecule has 0 bridgehead atoms. The number of aryl methyl sites for hydroxylation is 1. The SMILES string of the molecule is COc1ccc(NC(=O)c2cc(C)n(-c3ccc(Cl)cc3)c2C)cc1S(N)(=O)=O. The Morgan fingerprint density at radius 3 is 2.34 bits per heavy atom. The number of nitrogens with one attached hydrogen (secondary N) is 1. The summed E-state index contributed by atoms with van der Waals surface area (Å²) in [5.41, 5.74) is 3.24. The zero-order valence-corrected chi connectivity index (χ0v) is 17.6. The lowest BCUT2D eigenvalue weighted by atomic mass is 10.2. The van der Waals surface area contributed by atoms with Gasteiger partial charge in [0.25, 0.3) is 5.91 Å². The Morgan fingerprint density at radius 1 is 1.10 bits per heavy atom. The molecule has 1 heterocycles. The standard InChI is InChI=1S/C20H20ClN3O4S/c1-12-10-17(13(2)24(12)16-7-4-14(21)5-8-16)20(25)23-15-6-9-18(28-3)19(11-15)29(22,26)27/h4-11H,1-3H3,(H,23,25)(H2,22,26,27). The quantitative estimate of drug-likeness (QED) is 0.640. The second-order valence-corrected chi connectivity index (χ2v) is 8.43. The fourth-order valence-corrected chi connectivity index (χ4v) is 4.00. The van der Waals surface area contributed by atoms with Gasteiger partial charge in [-0.25, -0.2) is 13.6 Å². The first-order chi connectivity index (χ1) is 13.6. The van der Waals surface area contributed by atoms with Gasteiger partial charge < -0.3 is 14.6 Å². The highest BCUT2D eigenvalue weighted by molar-refractivity contribution is 7.89. The number of carbonyl (C=O) groups excluding carboxylic acids is 1. The Morgan fingerprint density at radius 2 is 1.76 bits per heavy atom. The van der Waals surface area contributed by atoms with Gasteiger partial charge in [0.1, 0.15) is 10.6 Å². The monoisotopic (exact) mass is 433 g/mol. The molecule has 29 heavy (non-hydrogen) atoms. The summed E-state index contributed by atoms with van der Waals surface area (Å²) in [6.07, 6.45) is 0. The number of halogens is 1. The number of methoxy groups -OCH3 is 1. The molecule has 0 saturated carbocycles. The number of ether oxygens (including phenoxy) is 1. The largest absolute Gasteiger partial charge is 0.495 e. The lowest BCUT2D eigenvalue weighted by Crippen LogP contribution is -2.16. The maximum Gasteiger partial charge on any atom is 0.257 e. The van der Waals surface area contributed by atoms with Crippen molar-refractivity contribution in [2.75, 3.05) is 12.4 Å². The van der Waals surface area contributed by atoms with Crippen LogP contribution in [0.1, 0.15) is 21.7 Å². The average Bonchev–Trinajstić information content (AvgIpc) is 2.96. The molecule has 3 N–H and O–H groups in total. The van der Waals surface area contributed by atoms with E-state index in [9.17, 15) is 13.2 Å². The minimum absolute atomic E-state index is 0.103. The maximum atomic E-state index is 12.8. The number of amides is 1. The van der Waals surface area contributed by atoms with Gasteiger partial charge in [-0.1, -0.05) is 11.6 Å². The van der Waals surface area contributed by atoms with Gasteiger partial charge >= 0.3 is 0 Å². The number of rotatable bonds is 5. The Hall–Kier alpha value is -2.81. The molecule has 0 saturated heterocycles. The molecule has 152 valence electrons. The van der Waals surface area contributed by atoms with Crippen LogP contribution in [0.5, 0.6) is 5.75 Å². The van der Waals surface area contributed by atoms with Gasteiger partial charge in [0.15, 0.2) is 0 Å².